The quantitative estimate of drug-likeness (QED) is 0.709. The van der Waals surface area contributed by atoms with E-state index in [0.717, 1.165) is 11.6 Å². The van der Waals surface area contributed by atoms with Crippen molar-refractivity contribution in [2.45, 2.75) is 17.5 Å². The summed E-state index contributed by atoms with van der Waals surface area (Å²) in [5, 5.41) is 17.3. The van der Waals surface area contributed by atoms with Crippen molar-refractivity contribution in [3.05, 3.63) is 5.82 Å². The highest BCUT2D eigenvalue weighted by molar-refractivity contribution is 7.99. The Bertz CT molecular complexity index is 370. The molecule has 6 nitrogen and oxygen atoms in total. The molecule has 1 rings (SSSR count). The third kappa shape index (κ3) is 4.57. The highest BCUT2D eigenvalue weighted by Gasteiger charge is 2.13. The van der Waals surface area contributed by atoms with Crippen LogP contribution in [0.15, 0.2) is 5.16 Å². The van der Waals surface area contributed by atoms with Crippen LogP contribution in [0.25, 0.3) is 0 Å². The molecule has 96 valence electrons. The van der Waals surface area contributed by atoms with Crippen LogP contribution in [0.5, 0.6) is 0 Å². The molecule has 1 aromatic rings. The minimum atomic E-state index is -0.859. The van der Waals surface area contributed by atoms with E-state index in [4.69, 9.17) is 9.84 Å². The number of ether oxygens (including phenoxy) is 1. The summed E-state index contributed by atoms with van der Waals surface area (Å²) in [7, 11) is 1.63. The molecule has 0 aliphatic carbocycles. The number of aromatic nitrogens is 3. The molecule has 0 fully saturated rings. The maximum absolute atomic E-state index is 10.5. The van der Waals surface area contributed by atoms with Crippen LogP contribution in [0.4, 0.5) is 0 Å². The molecule has 0 saturated carbocycles. The van der Waals surface area contributed by atoms with E-state index in [1.54, 1.807) is 18.9 Å². The zero-order valence-electron chi connectivity index (χ0n) is 9.75. The van der Waals surface area contributed by atoms with Crippen molar-refractivity contribution in [3.8, 4) is 0 Å². The van der Waals surface area contributed by atoms with E-state index in [1.807, 2.05) is 10.8 Å². The van der Waals surface area contributed by atoms with Crippen LogP contribution in [0.3, 0.4) is 0 Å². The highest BCUT2D eigenvalue weighted by Crippen LogP contribution is 2.18. The first-order valence-corrected chi connectivity index (χ1v) is 7.31. The first-order valence-electron chi connectivity index (χ1n) is 4.93. The topological polar surface area (TPSA) is 77.2 Å². The third-order valence-corrected chi connectivity index (χ3v) is 3.41. The number of rotatable bonds is 8. The fraction of sp³-hybridized carbons (Fsp3) is 0.667. The van der Waals surface area contributed by atoms with Crippen LogP contribution in [-0.4, -0.2) is 51.6 Å². The number of carbonyl (C=O) groups is 1. The van der Waals surface area contributed by atoms with Crippen molar-refractivity contribution in [3.63, 3.8) is 0 Å². The van der Waals surface area contributed by atoms with Gasteiger partial charge in [0.2, 0.25) is 0 Å². The lowest BCUT2D eigenvalue weighted by atomic mass is 10.6. The number of carboxylic acid groups (broad SMARTS) is 1. The molecule has 0 aliphatic rings. The van der Waals surface area contributed by atoms with Crippen molar-refractivity contribution in [1.82, 2.24) is 14.8 Å². The normalized spacial score (nSPS) is 10.7. The number of hydrogen-bond donors (Lipinski definition) is 1. The molecule has 0 amide bonds. The summed E-state index contributed by atoms with van der Waals surface area (Å²) in [5.74, 6) is 0.736. The lowest BCUT2D eigenvalue weighted by Crippen LogP contribution is -2.10. The van der Waals surface area contributed by atoms with Gasteiger partial charge in [0.1, 0.15) is 5.82 Å². The zero-order valence-corrected chi connectivity index (χ0v) is 11.4. The molecule has 1 aromatic heterocycles. The minimum Gasteiger partial charge on any atom is -0.481 e. The SMILES string of the molecule is COCCn1c(CSC)nnc1SCC(=O)O. The second-order valence-corrected chi connectivity index (χ2v) is 4.97. The highest BCUT2D eigenvalue weighted by atomic mass is 32.2. The third-order valence-electron chi connectivity index (χ3n) is 1.91. The Hall–Kier alpha value is -0.730. The molecule has 0 atom stereocenters. The second-order valence-electron chi connectivity index (χ2n) is 3.16. The fourth-order valence-electron chi connectivity index (χ4n) is 1.20. The molecule has 8 heteroatoms. The van der Waals surface area contributed by atoms with Crippen LogP contribution in [0.2, 0.25) is 0 Å². The molecule has 1 heterocycles. The van der Waals surface area contributed by atoms with Gasteiger partial charge in [-0.3, -0.25) is 4.79 Å². The Morgan fingerprint density at radius 1 is 1.53 bits per heavy atom. The maximum Gasteiger partial charge on any atom is 0.313 e. The van der Waals surface area contributed by atoms with Gasteiger partial charge >= 0.3 is 5.97 Å². The molecule has 0 spiro atoms. The van der Waals surface area contributed by atoms with E-state index < -0.39 is 5.97 Å². The van der Waals surface area contributed by atoms with Crippen LogP contribution < -0.4 is 0 Å². The average Bonchev–Trinajstić information content (AvgIpc) is 2.67. The Morgan fingerprint density at radius 3 is 2.88 bits per heavy atom. The van der Waals surface area contributed by atoms with Crippen molar-refractivity contribution < 1.29 is 14.6 Å². The molecule has 0 bridgehead atoms. The summed E-state index contributed by atoms with van der Waals surface area (Å²) in [5.41, 5.74) is 0. The standard InChI is InChI=1S/C9H15N3O3S2/c1-15-4-3-12-7(5-16-2)10-11-9(12)17-6-8(13)14/h3-6H2,1-2H3,(H,13,14). The number of hydrogen-bond acceptors (Lipinski definition) is 6. The van der Waals surface area contributed by atoms with Crippen molar-refractivity contribution in [1.29, 1.82) is 0 Å². The van der Waals surface area contributed by atoms with Crippen LogP contribution in [0, 0.1) is 0 Å². The lowest BCUT2D eigenvalue weighted by Gasteiger charge is -2.07. The maximum atomic E-state index is 10.5. The monoisotopic (exact) mass is 277 g/mol. The van der Waals surface area contributed by atoms with Gasteiger partial charge in [-0.2, -0.15) is 11.8 Å². The average molecular weight is 277 g/mol. The van der Waals surface area contributed by atoms with Gasteiger partial charge in [0.15, 0.2) is 5.16 Å². The van der Waals surface area contributed by atoms with Crippen LogP contribution in [-0.2, 0) is 21.8 Å². The van der Waals surface area contributed by atoms with E-state index in [2.05, 4.69) is 10.2 Å². The first kappa shape index (κ1) is 14.3. The second kappa shape index (κ2) is 7.57. The lowest BCUT2D eigenvalue weighted by molar-refractivity contribution is -0.133. The molecule has 17 heavy (non-hydrogen) atoms. The van der Waals surface area contributed by atoms with Crippen LogP contribution >= 0.6 is 23.5 Å². The van der Waals surface area contributed by atoms with E-state index in [0.29, 0.717) is 18.3 Å². The van der Waals surface area contributed by atoms with Crippen molar-refractivity contribution in [2.24, 2.45) is 0 Å². The van der Waals surface area contributed by atoms with E-state index in [1.165, 1.54) is 11.8 Å². The molecule has 0 radical (unpaired) electrons. The van der Waals surface area contributed by atoms with Crippen LogP contribution in [0.1, 0.15) is 5.82 Å². The smallest absolute Gasteiger partial charge is 0.313 e. The minimum absolute atomic E-state index is 0.00954. The Kier molecular flexibility index (Phi) is 6.38. The predicted molar refractivity (Wildman–Crippen MR) is 67.5 cm³/mol. The molecule has 1 N–H and O–H groups in total. The Morgan fingerprint density at radius 2 is 2.29 bits per heavy atom. The summed E-state index contributed by atoms with van der Waals surface area (Å²) < 4.78 is 6.93. The molecular formula is C9H15N3O3S2. The predicted octanol–water partition coefficient (Wildman–Crippen LogP) is 0.964. The van der Waals surface area contributed by atoms with Gasteiger partial charge in [-0.15, -0.1) is 10.2 Å². The molecule has 0 saturated heterocycles. The van der Waals surface area contributed by atoms with E-state index in [-0.39, 0.29) is 5.75 Å². The summed E-state index contributed by atoms with van der Waals surface area (Å²) in [6.07, 6.45) is 1.99. The van der Waals surface area contributed by atoms with Gasteiger partial charge in [0.25, 0.3) is 0 Å². The van der Waals surface area contributed by atoms with Crippen molar-refractivity contribution >= 4 is 29.5 Å². The van der Waals surface area contributed by atoms with Gasteiger partial charge in [-0.25, -0.2) is 0 Å². The van der Waals surface area contributed by atoms with Gasteiger partial charge in [0.05, 0.1) is 18.1 Å². The fourth-order valence-corrected chi connectivity index (χ4v) is 2.37. The van der Waals surface area contributed by atoms with Gasteiger partial charge < -0.3 is 14.4 Å². The van der Waals surface area contributed by atoms with E-state index >= 15 is 0 Å². The van der Waals surface area contributed by atoms with Gasteiger partial charge in [-0.05, 0) is 6.26 Å². The summed E-state index contributed by atoms with van der Waals surface area (Å²) in [6, 6.07) is 0. The number of carboxylic acids is 1. The van der Waals surface area contributed by atoms with Crippen molar-refractivity contribution in [2.75, 3.05) is 25.7 Å². The molecule has 0 unspecified atom stereocenters. The first-order chi connectivity index (χ1) is 8.19. The summed E-state index contributed by atoms with van der Waals surface area (Å²) in [6.45, 7) is 1.20. The number of methoxy groups -OCH3 is 1. The summed E-state index contributed by atoms with van der Waals surface area (Å²) >= 11 is 2.83. The number of nitrogens with zero attached hydrogens (tertiary/aromatic N) is 3. The molecular weight excluding hydrogens is 262 g/mol. The molecule has 0 aromatic carbocycles. The Labute approximate surface area is 108 Å². The summed E-state index contributed by atoms with van der Waals surface area (Å²) in [4.78, 5) is 10.5. The zero-order chi connectivity index (χ0) is 12.7. The van der Waals surface area contributed by atoms with E-state index in [9.17, 15) is 4.79 Å². The number of aliphatic carboxylic acids is 1. The Balaban J connectivity index is 2.75. The van der Waals surface area contributed by atoms with Gasteiger partial charge in [-0.1, -0.05) is 11.8 Å². The molecule has 0 aliphatic heterocycles. The number of thioether (sulfide) groups is 2. The largest absolute Gasteiger partial charge is 0.481 e. The van der Waals surface area contributed by atoms with Gasteiger partial charge in [0, 0.05) is 13.7 Å².